The topological polar surface area (TPSA) is 30.2 Å². The Labute approximate surface area is 97.9 Å². The number of nitrogens with zero attached hydrogens (tertiary/aromatic N) is 3. The maximum Gasteiger partial charge on any atom is 0.175 e. The number of halogens is 1. The third kappa shape index (κ3) is 1.84. The predicted molar refractivity (Wildman–Crippen MR) is 63.9 cm³/mol. The minimum absolute atomic E-state index is 0.376. The Balaban J connectivity index is 2.77. The smallest absolute Gasteiger partial charge is 0.175 e. The highest BCUT2D eigenvalue weighted by Crippen LogP contribution is 2.23. The summed E-state index contributed by atoms with van der Waals surface area (Å²) in [5, 5.41) is 1.40. The summed E-state index contributed by atoms with van der Waals surface area (Å²) in [6.07, 6.45) is 3.82. The summed E-state index contributed by atoms with van der Waals surface area (Å²) >= 11 is 7.50. The van der Waals surface area contributed by atoms with Crippen LogP contribution in [-0.2, 0) is 0 Å². The summed E-state index contributed by atoms with van der Waals surface area (Å²) in [6.45, 7) is 4.24. The fourth-order valence-electron chi connectivity index (χ4n) is 1.53. The zero-order valence-corrected chi connectivity index (χ0v) is 10.4. The lowest BCUT2D eigenvalue weighted by atomic mass is 10.2. The highest BCUT2D eigenvalue weighted by atomic mass is 35.5. The van der Waals surface area contributed by atoms with Crippen LogP contribution >= 0.6 is 23.4 Å². The molecule has 2 rings (SSSR count). The molecule has 0 radical (unpaired) electrons. The molecule has 0 amide bonds. The Morgan fingerprint density at radius 3 is 2.80 bits per heavy atom. The number of hydrogen-bond acceptors (Lipinski definition) is 3. The van der Waals surface area contributed by atoms with Crippen molar-refractivity contribution >= 4 is 28.9 Å². The van der Waals surface area contributed by atoms with Gasteiger partial charge in [0.05, 0.1) is 11.7 Å². The fraction of sp³-hybridized carbons (Fsp3) is 0.400. The van der Waals surface area contributed by atoms with Crippen molar-refractivity contribution in [3.8, 4) is 0 Å². The van der Waals surface area contributed by atoms with E-state index in [1.807, 2.05) is 18.5 Å². The van der Waals surface area contributed by atoms with Crippen LogP contribution in [0.4, 0.5) is 0 Å². The van der Waals surface area contributed by atoms with Crippen LogP contribution in [0.5, 0.6) is 0 Å². The average molecular weight is 242 g/mol. The van der Waals surface area contributed by atoms with Crippen LogP contribution in [0.3, 0.4) is 0 Å². The number of hydrogen-bond donors (Lipinski definition) is 0. The molecule has 2 aromatic heterocycles. The van der Waals surface area contributed by atoms with Gasteiger partial charge in [0.1, 0.15) is 11.0 Å². The summed E-state index contributed by atoms with van der Waals surface area (Å²) in [7, 11) is 0. The first-order valence-electron chi connectivity index (χ1n) is 4.71. The number of imidazole rings is 1. The van der Waals surface area contributed by atoms with Crippen molar-refractivity contribution < 1.29 is 0 Å². The molecule has 0 spiro atoms. The van der Waals surface area contributed by atoms with E-state index in [0.717, 1.165) is 16.5 Å². The van der Waals surface area contributed by atoms with Crippen molar-refractivity contribution in [2.45, 2.75) is 24.9 Å². The molecule has 2 heterocycles. The normalized spacial score (nSPS) is 11.5. The highest BCUT2D eigenvalue weighted by Gasteiger charge is 2.12. The lowest BCUT2D eigenvalue weighted by Crippen LogP contribution is -2.01. The second-order valence-electron chi connectivity index (χ2n) is 3.60. The largest absolute Gasteiger partial charge is 0.275 e. The molecule has 5 heteroatoms. The van der Waals surface area contributed by atoms with Gasteiger partial charge in [-0.3, -0.25) is 4.40 Å². The number of thioether (sulfide) groups is 1. The van der Waals surface area contributed by atoms with Crippen molar-refractivity contribution in [1.82, 2.24) is 14.4 Å². The van der Waals surface area contributed by atoms with E-state index in [9.17, 15) is 0 Å². The van der Waals surface area contributed by atoms with Crippen LogP contribution in [0, 0.1) is 0 Å². The molecule has 0 unspecified atom stereocenters. The van der Waals surface area contributed by atoms with E-state index in [1.54, 1.807) is 11.8 Å². The number of aromatic nitrogens is 3. The second-order valence-corrected chi connectivity index (χ2v) is 4.76. The van der Waals surface area contributed by atoms with Gasteiger partial charge in [-0.05, 0) is 6.26 Å². The second kappa shape index (κ2) is 4.02. The highest BCUT2D eigenvalue weighted by molar-refractivity contribution is 7.98. The molecule has 2 aromatic rings. The van der Waals surface area contributed by atoms with E-state index in [1.165, 1.54) is 0 Å². The van der Waals surface area contributed by atoms with E-state index in [0.29, 0.717) is 11.1 Å². The molecule has 0 saturated carbocycles. The molecule has 15 heavy (non-hydrogen) atoms. The lowest BCUT2D eigenvalue weighted by Gasteiger charge is -2.08. The van der Waals surface area contributed by atoms with Gasteiger partial charge in [0.2, 0.25) is 0 Å². The molecule has 0 atom stereocenters. The molecule has 0 aliphatic heterocycles. The zero-order valence-electron chi connectivity index (χ0n) is 8.86. The Bertz CT molecular complexity index is 493. The minimum atomic E-state index is 0.376. The molecular weight excluding hydrogens is 230 g/mol. The fourth-order valence-corrected chi connectivity index (χ4v) is 2.34. The van der Waals surface area contributed by atoms with Gasteiger partial charge < -0.3 is 0 Å². The van der Waals surface area contributed by atoms with E-state index in [2.05, 4.69) is 28.2 Å². The van der Waals surface area contributed by atoms with Gasteiger partial charge in [0, 0.05) is 12.0 Å². The average Bonchev–Trinajstić information content (AvgIpc) is 2.59. The third-order valence-electron chi connectivity index (χ3n) is 2.18. The quantitative estimate of drug-likeness (QED) is 0.459. The molecule has 0 fully saturated rings. The molecular formula is C10H12ClN3S. The SMILES string of the molecule is CSc1nc(Cl)cc2cnc(C(C)C)n12. The number of fused-ring (bicyclic) bond motifs is 1. The van der Waals surface area contributed by atoms with Crippen molar-refractivity contribution in [2.75, 3.05) is 6.26 Å². The summed E-state index contributed by atoms with van der Waals surface area (Å²) in [5.74, 6) is 1.40. The molecule has 0 aliphatic rings. The first-order valence-corrected chi connectivity index (χ1v) is 6.31. The van der Waals surface area contributed by atoms with E-state index in [-0.39, 0.29) is 0 Å². The zero-order chi connectivity index (χ0) is 11.0. The van der Waals surface area contributed by atoms with Crippen LogP contribution in [0.25, 0.3) is 5.52 Å². The molecule has 0 aromatic carbocycles. The van der Waals surface area contributed by atoms with Gasteiger partial charge in [0.25, 0.3) is 0 Å². The van der Waals surface area contributed by atoms with Crippen molar-refractivity contribution in [1.29, 1.82) is 0 Å². The van der Waals surface area contributed by atoms with Gasteiger partial charge in [-0.15, -0.1) is 0 Å². The van der Waals surface area contributed by atoms with Crippen molar-refractivity contribution in [3.05, 3.63) is 23.2 Å². The van der Waals surface area contributed by atoms with Crippen LogP contribution in [0.2, 0.25) is 5.15 Å². The summed E-state index contributed by atoms with van der Waals surface area (Å²) < 4.78 is 2.06. The summed E-state index contributed by atoms with van der Waals surface area (Å²) in [4.78, 5) is 8.68. The first-order chi connectivity index (χ1) is 7.13. The molecule has 0 bridgehead atoms. The monoisotopic (exact) mass is 241 g/mol. The maximum absolute atomic E-state index is 5.93. The first kappa shape index (κ1) is 10.8. The number of rotatable bonds is 2. The van der Waals surface area contributed by atoms with Gasteiger partial charge in [-0.1, -0.05) is 37.2 Å². The van der Waals surface area contributed by atoms with Crippen LogP contribution in [-0.4, -0.2) is 20.6 Å². The van der Waals surface area contributed by atoms with Crippen LogP contribution in [0.1, 0.15) is 25.6 Å². The van der Waals surface area contributed by atoms with Gasteiger partial charge in [0.15, 0.2) is 5.16 Å². The summed E-state index contributed by atoms with van der Waals surface area (Å²) in [6, 6.07) is 1.83. The van der Waals surface area contributed by atoms with E-state index >= 15 is 0 Å². The molecule has 0 aliphatic carbocycles. The molecule has 0 N–H and O–H groups in total. The van der Waals surface area contributed by atoms with Crippen LogP contribution in [0.15, 0.2) is 17.4 Å². The van der Waals surface area contributed by atoms with Crippen molar-refractivity contribution in [2.24, 2.45) is 0 Å². The Hall–Kier alpha value is -0.740. The molecule has 3 nitrogen and oxygen atoms in total. The summed E-state index contributed by atoms with van der Waals surface area (Å²) in [5.41, 5.74) is 1.00. The third-order valence-corrected chi connectivity index (χ3v) is 3.01. The lowest BCUT2D eigenvalue weighted by molar-refractivity contribution is 0.728. The predicted octanol–water partition coefficient (Wildman–Crippen LogP) is 3.23. The Kier molecular flexibility index (Phi) is 2.89. The molecule has 80 valence electrons. The van der Waals surface area contributed by atoms with Gasteiger partial charge in [-0.25, -0.2) is 9.97 Å². The Morgan fingerprint density at radius 2 is 2.20 bits per heavy atom. The van der Waals surface area contributed by atoms with Crippen LogP contribution < -0.4 is 0 Å². The van der Waals surface area contributed by atoms with Crippen molar-refractivity contribution in [3.63, 3.8) is 0 Å². The Morgan fingerprint density at radius 1 is 1.47 bits per heavy atom. The maximum atomic E-state index is 5.93. The van der Waals surface area contributed by atoms with Gasteiger partial charge in [-0.2, -0.15) is 0 Å². The molecule has 0 saturated heterocycles. The van der Waals surface area contributed by atoms with E-state index in [4.69, 9.17) is 11.6 Å². The van der Waals surface area contributed by atoms with E-state index < -0.39 is 0 Å². The standard InChI is InChI=1S/C10H12ClN3S/c1-6(2)9-12-5-7-4-8(11)13-10(15-3)14(7)9/h4-6H,1-3H3. The van der Waals surface area contributed by atoms with Gasteiger partial charge >= 0.3 is 0 Å². The minimum Gasteiger partial charge on any atom is -0.275 e.